The molecule has 3 aromatic rings. The smallest absolute Gasteiger partial charge is 0.360 e. The highest BCUT2D eigenvalue weighted by molar-refractivity contribution is 7.89. The zero-order valence-corrected chi connectivity index (χ0v) is 14.9. The van der Waals surface area contributed by atoms with Gasteiger partial charge in [0.05, 0.1) is 16.9 Å². The highest BCUT2D eigenvalue weighted by Gasteiger charge is 2.39. The summed E-state index contributed by atoms with van der Waals surface area (Å²) in [6, 6.07) is 13.7. The Balaban J connectivity index is 2.13. The lowest BCUT2D eigenvalue weighted by molar-refractivity contribution is -0.170. The molecular formula is C18H13F3N2O4S. The first-order valence-corrected chi connectivity index (χ1v) is 9.39. The van der Waals surface area contributed by atoms with E-state index in [1.54, 1.807) is 30.3 Å². The van der Waals surface area contributed by atoms with Crippen LogP contribution in [0.3, 0.4) is 0 Å². The van der Waals surface area contributed by atoms with Gasteiger partial charge in [0.2, 0.25) is 15.8 Å². The van der Waals surface area contributed by atoms with E-state index in [1.165, 1.54) is 24.3 Å². The SMILES string of the molecule is NS(=O)(=O)c1ccc(-c2c(-c3ccccc3)noc2CC(=O)C(F)(F)F)cc1. The number of rotatable bonds is 5. The average molecular weight is 410 g/mol. The van der Waals surface area contributed by atoms with Crippen molar-refractivity contribution in [2.24, 2.45) is 5.14 Å². The summed E-state index contributed by atoms with van der Waals surface area (Å²) >= 11 is 0. The van der Waals surface area contributed by atoms with Gasteiger partial charge in [0.25, 0.3) is 0 Å². The number of alkyl halides is 3. The summed E-state index contributed by atoms with van der Waals surface area (Å²) in [6.07, 6.45) is -6.05. The van der Waals surface area contributed by atoms with Crippen molar-refractivity contribution in [3.05, 3.63) is 60.4 Å². The minimum absolute atomic E-state index is 0.165. The van der Waals surface area contributed by atoms with E-state index in [4.69, 9.17) is 9.66 Å². The first kappa shape index (κ1) is 19.8. The molecule has 0 radical (unpaired) electrons. The standard InChI is InChI=1S/C18H13F3N2O4S/c19-18(20,21)15(24)10-14-16(11-6-8-13(9-7-11)28(22,25)26)17(23-27-14)12-4-2-1-3-5-12/h1-9H,10H2,(H2,22,25,26). The van der Waals surface area contributed by atoms with Gasteiger partial charge in [-0.2, -0.15) is 13.2 Å². The van der Waals surface area contributed by atoms with Gasteiger partial charge in [0, 0.05) is 5.56 Å². The van der Waals surface area contributed by atoms with Crippen LogP contribution in [0.4, 0.5) is 13.2 Å². The number of halogens is 3. The number of primary sulfonamides is 1. The predicted molar refractivity (Wildman–Crippen MR) is 93.5 cm³/mol. The Morgan fingerprint density at radius 1 is 1.00 bits per heavy atom. The number of Topliss-reactive ketones (excluding diaryl/α,β-unsaturated/α-hetero) is 1. The van der Waals surface area contributed by atoms with Crippen molar-refractivity contribution in [3.8, 4) is 22.4 Å². The van der Waals surface area contributed by atoms with Gasteiger partial charge in [0.15, 0.2) is 5.76 Å². The molecule has 0 aliphatic heterocycles. The monoisotopic (exact) mass is 410 g/mol. The number of nitrogens with zero attached hydrogens (tertiary/aromatic N) is 1. The van der Waals surface area contributed by atoms with E-state index in [9.17, 15) is 26.4 Å². The zero-order chi connectivity index (χ0) is 20.5. The molecular weight excluding hydrogens is 397 g/mol. The first-order chi connectivity index (χ1) is 13.1. The fraction of sp³-hybridized carbons (Fsp3) is 0.111. The topological polar surface area (TPSA) is 103 Å². The second-order valence-corrected chi connectivity index (χ2v) is 7.42. The van der Waals surface area contributed by atoms with Crippen LogP contribution in [0.25, 0.3) is 22.4 Å². The highest BCUT2D eigenvalue weighted by atomic mass is 32.2. The van der Waals surface area contributed by atoms with E-state index in [0.717, 1.165) is 0 Å². The fourth-order valence-corrected chi connectivity index (χ4v) is 3.11. The Kier molecular flexibility index (Phi) is 5.09. The minimum Gasteiger partial charge on any atom is -0.360 e. The summed E-state index contributed by atoms with van der Waals surface area (Å²) in [5.41, 5.74) is 1.29. The van der Waals surface area contributed by atoms with Crippen molar-refractivity contribution in [2.45, 2.75) is 17.5 Å². The Morgan fingerprint density at radius 2 is 1.61 bits per heavy atom. The molecule has 146 valence electrons. The highest BCUT2D eigenvalue weighted by Crippen LogP contribution is 2.36. The van der Waals surface area contributed by atoms with Gasteiger partial charge in [-0.1, -0.05) is 47.6 Å². The second-order valence-electron chi connectivity index (χ2n) is 5.86. The summed E-state index contributed by atoms with van der Waals surface area (Å²) in [7, 11) is -3.94. The Labute approximate surface area is 157 Å². The Morgan fingerprint density at radius 3 is 2.14 bits per heavy atom. The fourth-order valence-electron chi connectivity index (χ4n) is 2.59. The van der Waals surface area contributed by atoms with Crippen LogP contribution in [0.2, 0.25) is 0 Å². The number of ketones is 1. The maximum absolute atomic E-state index is 12.7. The molecule has 0 fully saturated rings. The van der Waals surface area contributed by atoms with Gasteiger partial charge < -0.3 is 4.52 Å². The molecule has 1 aromatic heterocycles. The summed E-state index contributed by atoms with van der Waals surface area (Å²) < 4.78 is 66.0. The van der Waals surface area contributed by atoms with Crippen LogP contribution < -0.4 is 5.14 Å². The third kappa shape index (κ3) is 4.12. The van der Waals surface area contributed by atoms with E-state index in [-0.39, 0.29) is 21.9 Å². The van der Waals surface area contributed by atoms with E-state index < -0.39 is 28.4 Å². The molecule has 2 aromatic carbocycles. The largest absolute Gasteiger partial charge is 0.450 e. The molecule has 0 saturated carbocycles. The van der Waals surface area contributed by atoms with Crippen molar-refractivity contribution < 1.29 is 30.9 Å². The number of hydrogen-bond acceptors (Lipinski definition) is 5. The van der Waals surface area contributed by atoms with Crippen molar-refractivity contribution in [1.82, 2.24) is 5.16 Å². The molecule has 0 saturated heterocycles. The van der Waals surface area contributed by atoms with Crippen molar-refractivity contribution in [3.63, 3.8) is 0 Å². The van der Waals surface area contributed by atoms with Gasteiger partial charge in [0.1, 0.15) is 5.69 Å². The molecule has 1 heterocycles. The van der Waals surface area contributed by atoms with Gasteiger partial charge in [-0.3, -0.25) is 4.79 Å². The summed E-state index contributed by atoms with van der Waals surface area (Å²) in [6.45, 7) is 0. The number of carbonyl (C=O) groups is 1. The van der Waals surface area contributed by atoms with Crippen LogP contribution in [-0.4, -0.2) is 25.5 Å². The van der Waals surface area contributed by atoms with Crippen molar-refractivity contribution in [1.29, 1.82) is 0 Å². The third-order valence-corrected chi connectivity index (χ3v) is 4.85. The number of nitrogens with two attached hydrogens (primary N) is 1. The molecule has 0 atom stereocenters. The zero-order valence-electron chi connectivity index (χ0n) is 14.1. The molecule has 0 unspecified atom stereocenters. The van der Waals surface area contributed by atoms with Crippen LogP contribution in [0.1, 0.15) is 5.76 Å². The molecule has 28 heavy (non-hydrogen) atoms. The lowest BCUT2D eigenvalue weighted by Gasteiger charge is -2.07. The number of benzene rings is 2. The van der Waals surface area contributed by atoms with Gasteiger partial charge in [-0.05, 0) is 17.7 Å². The average Bonchev–Trinajstić information content (AvgIpc) is 3.04. The maximum atomic E-state index is 12.7. The van der Waals surface area contributed by atoms with Crippen LogP contribution in [0.5, 0.6) is 0 Å². The van der Waals surface area contributed by atoms with Crippen molar-refractivity contribution in [2.75, 3.05) is 0 Å². The van der Waals surface area contributed by atoms with Crippen LogP contribution in [0.15, 0.2) is 64.0 Å². The minimum atomic E-state index is -5.02. The molecule has 2 N–H and O–H groups in total. The van der Waals surface area contributed by atoms with Gasteiger partial charge >= 0.3 is 6.18 Å². The third-order valence-electron chi connectivity index (χ3n) is 3.92. The number of hydrogen-bond donors (Lipinski definition) is 1. The number of sulfonamides is 1. The summed E-state index contributed by atoms with van der Waals surface area (Å²) in [4.78, 5) is 11.3. The van der Waals surface area contributed by atoms with E-state index in [0.29, 0.717) is 11.1 Å². The Hall–Kier alpha value is -2.98. The molecule has 0 aliphatic carbocycles. The van der Waals surface area contributed by atoms with Crippen LogP contribution >= 0.6 is 0 Å². The maximum Gasteiger partial charge on any atom is 0.450 e. The quantitative estimate of drug-likeness (QED) is 0.695. The molecule has 10 heteroatoms. The first-order valence-electron chi connectivity index (χ1n) is 7.84. The lowest BCUT2D eigenvalue weighted by Crippen LogP contribution is -2.24. The molecule has 0 amide bonds. The molecule has 3 rings (SSSR count). The normalized spacial score (nSPS) is 12.1. The molecule has 0 spiro atoms. The molecule has 0 bridgehead atoms. The van der Waals surface area contributed by atoms with E-state index >= 15 is 0 Å². The van der Waals surface area contributed by atoms with Gasteiger partial charge in [-0.15, -0.1) is 0 Å². The van der Waals surface area contributed by atoms with Crippen molar-refractivity contribution >= 4 is 15.8 Å². The molecule has 6 nitrogen and oxygen atoms in total. The number of aromatic nitrogens is 1. The predicted octanol–water partition coefficient (Wildman–Crippen LogP) is 3.33. The van der Waals surface area contributed by atoms with Gasteiger partial charge in [-0.25, -0.2) is 13.6 Å². The summed E-state index contributed by atoms with van der Waals surface area (Å²) in [5, 5.41) is 8.89. The second kappa shape index (κ2) is 7.21. The van der Waals surface area contributed by atoms with E-state index in [2.05, 4.69) is 5.16 Å². The summed E-state index contributed by atoms with van der Waals surface area (Å²) in [5.74, 6) is -2.25. The number of carbonyl (C=O) groups excluding carboxylic acids is 1. The molecule has 0 aliphatic rings. The van der Waals surface area contributed by atoms with Crippen LogP contribution in [0, 0.1) is 0 Å². The van der Waals surface area contributed by atoms with Crippen LogP contribution in [-0.2, 0) is 21.2 Å². The lowest BCUT2D eigenvalue weighted by atomic mass is 9.97. The van der Waals surface area contributed by atoms with E-state index in [1.807, 2.05) is 0 Å². The Bertz CT molecular complexity index is 1110.